The van der Waals surface area contributed by atoms with Crippen molar-refractivity contribution in [2.24, 2.45) is 5.73 Å². The van der Waals surface area contributed by atoms with Crippen LogP contribution in [0.1, 0.15) is 23.3 Å². The third-order valence-corrected chi connectivity index (χ3v) is 2.96. The first-order chi connectivity index (χ1) is 10.3. The summed E-state index contributed by atoms with van der Waals surface area (Å²) in [6, 6.07) is 11.4. The van der Waals surface area contributed by atoms with Crippen molar-refractivity contribution in [1.82, 2.24) is 5.32 Å². The van der Waals surface area contributed by atoms with Crippen molar-refractivity contribution in [3.63, 3.8) is 0 Å². The summed E-state index contributed by atoms with van der Waals surface area (Å²) in [6.07, 6.45) is 2.66. The molecule has 1 aromatic heterocycles. The van der Waals surface area contributed by atoms with Crippen LogP contribution in [0, 0.1) is 11.8 Å². The molecule has 0 bridgehead atoms. The standard InChI is InChI=1S/C17H18N2O2/c18-11-1-3-14-5-7-15(8-6-14)13-19-17(20)10-9-16-4-2-12-21-16/h2,4-8,12H,9-11,13,18H2,(H,19,20). The summed E-state index contributed by atoms with van der Waals surface area (Å²) >= 11 is 0. The van der Waals surface area contributed by atoms with Crippen LogP contribution in [0.2, 0.25) is 0 Å². The third kappa shape index (κ3) is 5.17. The number of hydrogen-bond donors (Lipinski definition) is 2. The zero-order valence-corrected chi connectivity index (χ0v) is 11.8. The summed E-state index contributed by atoms with van der Waals surface area (Å²) in [6.45, 7) is 0.870. The van der Waals surface area contributed by atoms with Crippen LogP contribution in [0.3, 0.4) is 0 Å². The minimum absolute atomic E-state index is 0.0124. The largest absolute Gasteiger partial charge is 0.469 e. The maximum atomic E-state index is 11.7. The average molecular weight is 282 g/mol. The third-order valence-electron chi connectivity index (χ3n) is 2.96. The molecule has 0 aliphatic carbocycles. The molecular formula is C17H18N2O2. The van der Waals surface area contributed by atoms with Crippen molar-refractivity contribution < 1.29 is 9.21 Å². The van der Waals surface area contributed by atoms with Crippen LogP contribution in [0.4, 0.5) is 0 Å². The normalized spacial score (nSPS) is 9.76. The second-order valence-corrected chi connectivity index (χ2v) is 4.56. The molecule has 2 aromatic rings. The molecule has 21 heavy (non-hydrogen) atoms. The van der Waals surface area contributed by atoms with Gasteiger partial charge in [-0.25, -0.2) is 0 Å². The van der Waals surface area contributed by atoms with Crippen LogP contribution in [0.5, 0.6) is 0 Å². The highest BCUT2D eigenvalue weighted by Gasteiger charge is 2.03. The molecule has 0 radical (unpaired) electrons. The molecule has 2 rings (SSSR count). The maximum Gasteiger partial charge on any atom is 0.220 e. The predicted octanol–water partition coefficient (Wildman–Crippen LogP) is 1.84. The molecular weight excluding hydrogens is 264 g/mol. The van der Waals surface area contributed by atoms with E-state index in [-0.39, 0.29) is 5.91 Å². The van der Waals surface area contributed by atoms with Crippen molar-refractivity contribution in [1.29, 1.82) is 0 Å². The number of carbonyl (C=O) groups excluding carboxylic acids is 1. The number of benzene rings is 1. The maximum absolute atomic E-state index is 11.7. The van der Waals surface area contributed by atoms with Crippen molar-refractivity contribution in [2.75, 3.05) is 6.54 Å². The van der Waals surface area contributed by atoms with E-state index in [1.165, 1.54) is 0 Å². The van der Waals surface area contributed by atoms with Crippen LogP contribution in [-0.4, -0.2) is 12.5 Å². The van der Waals surface area contributed by atoms with E-state index in [2.05, 4.69) is 17.2 Å². The lowest BCUT2D eigenvalue weighted by Gasteiger charge is -2.05. The summed E-state index contributed by atoms with van der Waals surface area (Å²) in [5, 5.41) is 2.89. The quantitative estimate of drug-likeness (QED) is 0.822. The smallest absolute Gasteiger partial charge is 0.220 e. The number of furan rings is 1. The van der Waals surface area contributed by atoms with Gasteiger partial charge in [0.25, 0.3) is 0 Å². The highest BCUT2D eigenvalue weighted by Crippen LogP contribution is 2.05. The lowest BCUT2D eigenvalue weighted by Crippen LogP contribution is -2.22. The summed E-state index contributed by atoms with van der Waals surface area (Å²) < 4.78 is 5.19. The van der Waals surface area contributed by atoms with E-state index in [4.69, 9.17) is 10.2 Å². The Labute approximate surface area is 124 Å². The van der Waals surface area contributed by atoms with E-state index in [0.717, 1.165) is 16.9 Å². The van der Waals surface area contributed by atoms with Crippen LogP contribution < -0.4 is 11.1 Å². The Morgan fingerprint density at radius 3 is 2.71 bits per heavy atom. The molecule has 3 N–H and O–H groups in total. The van der Waals surface area contributed by atoms with Crippen LogP contribution >= 0.6 is 0 Å². The Kier molecular flexibility index (Phi) is 5.62. The fraction of sp³-hybridized carbons (Fsp3) is 0.235. The van der Waals surface area contributed by atoms with Gasteiger partial charge in [0.15, 0.2) is 0 Å². The van der Waals surface area contributed by atoms with E-state index in [1.807, 2.05) is 36.4 Å². The monoisotopic (exact) mass is 282 g/mol. The number of nitrogens with two attached hydrogens (primary N) is 1. The van der Waals surface area contributed by atoms with Gasteiger partial charge < -0.3 is 15.5 Å². The molecule has 0 saturated heterocycles. The van der Waals surface area contributed by atoms with E-state index in [9.17, 15) is 4.79 Å². The van der Waals surface area contributed by atoms with Crippen molar-refractivity contribution in [3.05, 3.63) is 59.5 Å². The van der Waals surface area contributed by atoms with Crippen LogP contribution in [0.15, 0.2) is 47.1 Å². The fourth-order valence-corrected chi connectivity index (χ4v) is 1.84. The molecule has 1 heterocycles. The number of nitrogens with one attached hydrogen (secondary N) is 1. The Morgan fingerprint density at radius 2 is 2.05 bits per heavy atom. The Morgan fingerprint density at radius 1 is 1.24 bits per heavy atom. The highest BCUT2D eigenvalue weighted by atomic mass is 16.3. The fourth-order valence-electron chi connectivity index (χ4n) is 1.84. The number of aryl methyl sites for hydroxylation is 1. The lowest BCUT2D eigenvalue weighted by atomic mass is 10.1. The Balaban J connectivity index is 1.75. The van der Waals surface area contributed by atoms with Gasteiger partial charge in [-0.05, 0) is 29.8 Å². The molecule has 4 heteroatoms. The number of rotatable bonds is 5. The molecule has 0 spiro atoms. The van der Waals surface area contributed by atoms with E-state index in [0.29, 0.717) is 25.9 Å². The lowest BCUT2D eigenvalue weighted by molar-refractivity contribution is -0.121. The number of hydrogen-bond acceptors (Lipinski definition) is 3. The van der Waals surface area contributed by atoms with Crippen LogP contribution in [-0.2, 0) is 17.8 Å². The molecule has 0 aliphatic heterocycles. The summed E-state index contributed by atoms with van der Waals surface area (Å²) in [4.78, 5) is 11.7. The van der Waals surface area contributed by atoms with Gasteiger partial charge in [-0.3, -0.25) is 4.79 Å². The molecule has 108 valence electrons. The summed E-state index contributed by atoms with van der Waals surface area (Å²) in [5.74, 6) is 6.60. The van der Waals surface area contributed by atoms with Crippen molar-refractivity contribution in [3.8, 4) is 11.8 Å². The number of carbonyl (C=O) groups is 1. The minimum atomic E-state index is 0.0124. The van der Waals surface area contributed by atoms with Gasteiger partial charge in [-0.2, -0.15) is 0 Å². The molecule has 0 aliphatic rings. The van der Waals surface area contributed by atoms with E-state index >= 15 is 0 Å². The van der Waals surface area contributed by atoms with E-state index in [1.54, 1.807) is 6.26 Å². The van der Waals surface area contributed by atoms with Gasteiger partial charge in [0.2, 0.25) is 5.91 Å². The van der Waals surface area contributed by atoms with Gasteiger partial charge >= 0.3 is 0 Å². The minimum Gasteiger partial charge on any atom is -0.469 e. The first-order valence-electron chi connectivity index (χ1n) is 6.85. The summed E-state index contributed by atoms with van der Waals surface area (Å²) in [7, 11) is 0. The van der Waals surface area contributed by atoms with Crippen LogP contribution in [0.25, 0.3) is 0 Å². The molecule has 0 fully saturated rings. The van der Waals surface area contributed by atoms with Crippen molar-refractivity contribution >= 4 is 5.91 Å². The highest BCUT2D eigenvalue weighted by molar-refractivity contribution is 5.76. The first kappa shape index (κ1) is 14.9. The first-order valence-corrected chi connectivity index (χ1v) is 6.85. The topological polar surface area (TPSA) is 68.3 Å². The molecule has 0 unspecified atom stereocenters. The predicted molar refractivity (Wildman–Crippen MR) is 81.3 cm³/mol. The van der Waals surface area contributed by atoms with Gasteiger partial charge in [0.05, 0.1) is 12.8 Å². The second-order valence-electron chi connectivity index (χ2n) is 4.56. The summed E-state index contributed by atoms with van der Waals surface area (Å²) in [5.41, 5.74) is 7.29. The SMILES string of the molecule is NCC#Cc1ccc(CNC(=O)CCc2ccco2)cc1. The molecule has 1 amide bonds. The van der Waals surface area contributed by atoms with Gasteiger partial charge in [0.1, 0.15) is 5.76 Å². The molecule has 1 aromatic carbocycles. The average Bonchev–Trinajstić information content (AvgIpc) is 3.03. The second kappa shape index (κ2) is 7.93. The van der Waals surface area contributed by atoms with Gasteiger partial charge in [0, 0.05) is 24.9 Å². The van der Waals surface area contributed by atoms with Gasteiger partial charge in [-0.15, -0.1) is 0 Å². The Bertz CT molecular complexity index is 619. The van der Waals surface area contributed by atoms with E-state index < -0.39 is 0 Å². The number of amides is 1. The molecule has 0 saturated carbocycles. The Hall–Kier alpha value is -2.51. The van der Waals surface area contributed by atoms with Crippen molar-refractivity contribution in [2.45, 2.75) is 19.4 Å². The van der Waals surface area contributed by atoms with Gasteiger partial charge in [-0.1, -0.05) is 24.0 Å². The zero-order valence-electron chi connectivity index (χ0n) is 11.8. The molecule has 0 atom stereocenters. The zero-order chi connectivity index (χ0) is 14.9. The molecule has 4 nitrogen and oxygen atoms in total.